The average Bonchev–Trinajstić information content (AvgIpc) is 2.45. The molecule has 20 heavy (non-hydrogen) atoms. The summed E-state index contributed by atoms with van der Waals surface area (Å²) in [7, 11) is 1.58. The average molecular weight is 289 g/mol. The summed E-state index contributed by atoms with van der Waals surface area (Å²) < 4.78 is 0. The molecule has 0 aliphatic rings. The highest BCUT2D eigenvalue weighted by Crippen LogP contribution is 2.07. The second-order valence-electron chi connectivity index (χ2n) is 4.75. The second kappa shape index (κ2) is 12.8. The highest BCUT2D eigenvalue weighted by atomic mass is 16.6. The Balaban J connectivity index is 3.45. The van der Waals surface area contributed by atoms with E-state index in [1.807, 2.05) is 0 Å². The van der Waals surface area contributed by atoms with Gasteiger partial charge in [0.15, 0.2) is 0 Å². The fourth-order valence-electron chi connectivity index (χ4n) is 1.77. The van der Waals surface area contributed by atoms with Crippen molar-refractivity contribution in [1.82, 2.24) is 10.6 Å². The van der Waals surface area contributed by atoms with Crippen molar-refractivity contribution < 1.29 is 19.5 Å². The van der Waals surface area contributed by atoms with E-state index in [1.54, 1.807) is 7.05 Å². The normalized spacial score (nSPS) is 11.9. The van der Waals surface area contributed by atoms with Crippen LogP contribution < -0.4 is 16.5 Å². The zero-order valence-corrected chi connectivity index (χ0v) is 12.2. The lowest BCUT2D eigenvalue weighted by Crippen LogP contribution is -2.25. The first-order valence-electron chi connectivity index (χ1n) is 7.03. The maximum atomic E-state index is 11.4. The van der Waals surface area contributed by atoms with Gasteiger partial charge in [-0.3, -0.25) is 9.59 Å². The van der Waals surface area contributed by atoms with Crippen molar-refractivity contribution in [1.29, 1.82) is 0 Å². The summed E-state index contributed by atoms with van der Waals surface area (Å²) in [4.78, 5) is 26.9. The summed E-state index contributed by atoms with van der Waals surface area (Å²) in [5.41, 5.74) is 0. The molecule has 0 aromatic heterocycles. The lowest BCUT2D eigenvalue weighted by atomic mass is 10.0. The molecule has 0 bridgehead atoms. The molecule has 0 aliphatic heterocycles. The van der Waals surface area contributed by atoms with E-state index >= 15 is 0 Å². The van der Waals surface area contributed by atoms with Gasteiger partial charge >= 0.3 is 0 Å². The number of aliphatic hydroxyl groups is 1. The molecule has 0 aromatic rings. The lowest BCUT2D eigenvalue weighted by molar-refractivity contribution is -0.122. The molecule has 7 heteroatoms. The Hall–Kier alpha value is -1.18. The molecule has 5 N–H and O–H groups in total. The first-order chi connectivity index (χ1) is 9.63. The quantitative estimate of drug-likeness (QED) is 0.291. The Bertz CT molecular complexity index is 274. The molecule has 0 spiro atoms. The van der Waals surface area contributed by atoms with Gasteiger partial charge in [-0.1, -0.05) is 6.42 Å². The number of nitrogens with one attached hydrogen (secondary N) is 2. The molecule has 1 atom stereocenters. The summed E-state index contributed by atoms with van der Waals surface area (Å²) in [6, 6.07) is 0. The Kier molecular flexibility index (Phi) is 12.1. The standard InChI is InChI=1S/C13H27N3O4/c1-15-12(18)6-4-7-13(19)16-8-3-2-5-11(9-17)10-20-14/h11,17H,2-10,14H2,1H3,(H,15,18)(H,16,19). The molecule has 7 nitrogen and oxygen atoms in total. The minimum atomic E-state index is -0.0463. The molecule has 1 unspecified atom stereocenters. The van der Waals surface area contributed by atoms with E-state index in [4.69, 9.17) is 11.0 Å². The fraction of sp³-hybridized carbons (Fsp3) is 0.846. The van der Waals surface area contributed by atoms with E-state index in [1.165, 1.54) is 0 Å². The molecule has 118 valence electrons. The van der Waals surface area contributed by atoms with Gasteiger partial charge in [0, 0.05) is 39.0 Å². The molecule has 0 saturated heterocycles. The molecule has 0 rings (SSSR count). The van der Waals surface area contributed by atoms with Crippen LogP contribution in [0.2, 0.25) is 0 Å². The molecule has 0 heterocycles. The van der Waals surface area contributed by atoms with Crippen LogP contribution in [0, 0.1) is 5.92 Å². The number of carbonyl (C=O) groups is 2. The third-order valence-electron chi connectivity index (χ3n) is 3.04. The third kappa shape index (κ3) is 10.7. The van der Waals surface area contributed by atoms with E-state index < -0.39 is 0 Å². The van der Waals surface area contributed by atoms with Crippen LogP contribution in [0.3, 0.4) is 0 Å². The lowest BCUT2D eigenvalue weighted by Gasteiger charge is -2.12. The molecule has 0 saturated carbocycles. The van der Waals surface area contributed by atoms with Gasteiger partial charge < -0.3 is 20.6 Å². The third-order valence-corrected chi connectivity index (χ3v) is 3.04. The molecule has 2 amide bonds. The Morgan fingerprint density at radius 3 is 2.50 bits per heavy atom. The van der Waals surface area contributed by atoms with Crippen LogP contribution in [0.15, 0.2) is 0 Å². The number of aliphatic hydroxyl groups excluding tert-OH is 1. The highest BCUT2D eigenvalue weighted by Gasteiger charge is 2.07. The minimum absolute atomic E-state index is 0.0297. The second-order valence-corrected chi connectivity index (χ2v) is 4.75. The molecular weight excluding hydrogens is 262 g/mol. The molecule has 0 fully saturated rings. The van der Waals surface area contributed by atoms with Crippen molar-refractivity contribution in [3.05, 3.63) is 0 Å². The summed E-state index contributed by atoms with van der Waals surface area (Å²) in [6.45, 7) is 1.02. The molecule has 0 radical (unpaired) electrons. The predicted molar refractivity (Wildman–Crippen MR) is 75.5 cm³/mol. The van der Waals surface area contributed by atoms with Gasteiger partial charge in [-0.2, -0.15) is 0 Å². The maximum absolute atomic E-state index is 11.4. The van der Waals surface area contributed by atoms with Crippen LogP contribution >= 0.6 is 0 Å². The number of hydrogen-bond acceptors (Lipinski definition) is 5. The monoisotopic (exact) mass is 289 g/mol. The molecular formula is C13H27N3O4. The first-order valence-corrected chi connectivity index (χ1v) is 7.03. The van der Waals surface area contributed by atoms with E-state index in [9.17, 15) is 9.59 Å². The van der Waals surface area contributed by atoms with Crippen LogP contribution in [0.25, 0.3) is 0 Å². The Morgan fingerprint density at radius 2 is 1.90 bits per heavy atom. The maximum Gasteiger partial charge on any atom is 0.220 e. The van der Waals surface area contributed by atoms with Gasteiger partial charge in [-0.15, -0.1) is 0 Å². The summed E-state index contributed by atoms with van der Waals surface area (Å²) in [5, 5.41) is 14.4. The minimum Gasteiger partial charge on any atom is -0.396 e. The van der Waals surface area contributed by atoms with E-state index in [0.717, 1.165) is 19.3 Å². The summed E-state index contributed by atoms with van der Waals surface area (Å²) in [6.07, 6.45) is 3.87. The van der Waals surface area contributed by atoms with Gasteiger partial charge in [-0.25, -0.2) is 5.90 Å². The Labute approximate surface area is 120 Å². The van der Waals surface area contributed by atoms with Crippen molar-refractivity contribution in [2.24, 2.45) is 11.8 Å². The van der Waals surface area contributed by atoms with Crippen LogP contribution in [-0.2, 0) is 14.4 Å². The SMILES string of the molecule is CNC(=O)CCCC(=O)NCCCCC(CO)CON. The number of hydrogen-bond donors (Lipinski definition) is 4. The Morgan fingerprint density at radius 1 is 1.20 bits per heavy atom. The zero-order chi connectivity index (χ0) is 15.2. The number of rotatable bonds is 12. The van der Waals surface area contributed by atoms with Crippen LogP contribution in [0.4, 0.5) is 0 Å². The number of nitrogens with two attached hydrogens (primary N) is 1. The van der Waals surface area contributed by atoms with E-state index in [-0.39, 0.29) is 24.3 Å². The predicted octanol–water partition coefficient (Wildman–Crippen LogP) is -0.312. The van der Waals surface area contributed by atoms with Crippen molar-refractivity contribution in [2.75, 3.05) is 26.8 Å². The van der Waals surface area contributed by atoms with Crippen molar-refractivity contribution in [3.63, 3.8) is 0 Å². The van der Waals surface area contributed by atoms with Crippen molar-refractivity contribution in [3.8, 4) is 0 Å². The van der Waals surface area contributed by atoms with Crippen LogP contribution in [-0.4, -0.2) is 43.7 Å². The summed E-state index contributed by atoms with van der Waals surface area (Å²) >= 11 is 0. The molecule has 0 aliphatic carbocycles. The van der Waals surface area contributed by atoms with Crippen molar-refractivity contribution >= 4 is 11.8 Å². The van der Waals surface area contributed by atoms with Gasteiger partial charge in [-0.05, 0) is 19.3 Å². The molecule has 0 aromatic carbocycles. The fourth-order valence-corrected chi connectivity index (χ4v) is 1.77. The summed E-state index contributed by atoms with van der Waals surface area (Å²) in [5.74, 6) is 4.94. The largest absolute Gasteiger partial charge is 0.396 e. The smallest absolute Gasteiger partial charge is 0.220 e. The van der Waals surface area contributed by atoms with Crippen LogP contribution in [0.5, 0.6) is 0 Å². The van der Waals surface area contributed by atoms with E-state index in [0.29, 0.717) is 32.4 Å². The van der Waals surface area contributed by atoms with Gasteiger partial charge in [0.2, 0.25) is 11.8 Å². The number of carbonyl (C=O) groups excluding carboxylic acids is 2. The number of amides is 2. The highest BCUT2D eigenvalue weighted by molar-refractivity contribution is 5.78. The van der Waals surface area contributed by atoms with Crippen molar-refractivity contribution in [2.45, 2.75) is 38.5 Å². The van der Waals surface area contributed by atoms with Gasteiger partial charge in [0.05, 0.1) is 6.61 Å². The first kappa shape index (κ1) is 18.8. The topological polar surface area (TPSA) is 114 Å². The van der Waals surface area contributed by atoms with Gasteiger partial charge in [0.1, 0.15) is 0 Å². The zero-order valence-electron chi connectivity index (χ0n) is 12.2. The number of unbranched alkanes of at least 4 members (excludes halogenated alkanes) is 1. The van der Waals surface area contributed by atoms with Gasteiger partial charge in [0.25, 0.3) is 0 Å². The van der Waals surface area contributed by atoms with Crippen LogP contribution in [0.1, 0.15) is 38.5 Å². The van der Waals surface area contributed by atoms with E-state index in [2.05, 4.69) is 15.5 Å².